The number of sulfonamides is 1. The summed E-state index contributed by atoms with van der Waals surface area (Å²) in [5.74, 6) is 0.253. The summed E-state index contributed by atoms with van der Waals surface area (Å²) in [4.78, 5) is 2.31. The van der Waals surface area contributed by atoms with E-state index in [9.17, 15) is 13.5 Å². The van der Waals surface area contributed by atoms with Gasteiger partial charge in [-0.25, -0.2) is 4.83 Å². The van der Waals surface area contributed by atoms with Crippen molar-refractivity contribution in [1.29, 1.82) is 0 Å². The van der Waals surface area contributed by atoms with Gasteiger partial charge in [-0.05, 0) is 42.7 Å². The number of aromatic hydroxyl groups is 1. The first-order chi connectivity index (χ1) is 12.9. The largest absolute Gasteiger partial charge is 0.502 e. The molecule has 2 aromatic rings. The van der Waals surface area contributed by atoms with Gasteiger partial charge in [0.2, 0.25) is 5.75 Å². The van der Waals surface area contributed by atoms with E-state index in [1.165, 1.54) is 32.6 Å². The maximum absolute atomic E-state index is 12.3. The number of benzene rings is 2. The van der Waals surface area contributed by atoms with Crippen molar-refractivity contribution in [3.8, 4) is 17.2 Å². The average molecular weight is 392 g/mol. The number of nitrogens with zero attached hydrogens (tertiary/aromatic N) is 1. The quantitative estimate of drug-likeness (QED) is 0.505. The van der Waals surface area contributed by atoms with Crippen molar-refractivity contribution in [2.45, 2.75) is 31.1 Å². The first kappa shape index (κ1) is 20.6. The van der Waals surface area contributed by atoms with Crippen LogP contribution in [0.1, 0.15) is 30.9 Å². The van der Waals surface area contributed by atoms with Crippen LogP contribution in [0.2, 0.25) is 0 Å². The third-order valence-electron chi connectivity index (χ3n) is 3.94. The van der Waals surface area contributed by atoms with E-state index in [0.717, 1.165) is 24.8 Å². The van der Waals surface area contributed by atoms with Gasteiger partial charge in [-0.3, -0.25) is 0 Å². The van der Waals surface area contributed by atoms with E-state index in [4.69, 9.17) is 9.47 Å². The Hall–Kier alpha value is -2.74. The van der Waals surface area contributed by atoms with E-state index in [1.807, 2.05) is 12.1 Å². The molecular weight excluding hydrogens is 368 g/mol. The zero-order chi connectivity index (χ0) is 19.9. The number of rotatable bonds is 9. The molecule has 2 aromatic carbocycles. The van der Waals surface area contributed by atoms with Crippen molar-refractivity contribution in [2.24, 2.45) is 5.10 Å². The molecular formula is C19H24N2O5S. The zero-order valence-electron chi connectivity index (χ0n) is 15.6. The number of ether oxygens (including phenoxy) is 2. The van der Waals surface area contributed by atoms with E-state index >= 15 is 0 Å². The number of methoxy groups -OCH3 is 2. The van der Waals surface area contributed by atoms with Gasteiger partial charge in [0, 0.05) is 5.56 Å². The number of nitrogens with one attached hydrogen (secondary N) is 1. The van der Waals surface area contributed by atoms with Crippen LogP contribution >= 0.6 is 0 Å². The van der Waals surface area contributed by atoms with Gasteiger partial charge in [-0.15, -0.1) is 0 Å². The summed E-state index contributed by atoms with van der Waals surface area (Å²) in [6.45, 7) is 2.11. The highest BCUT2D eigenvalue weighted by molar-refractivity contribution is 7.89. The summed E-state index contributed by atoms with van der Waals surface area (Å²) in [5.41, 5.74) is 1.60. The lowest BCUT2D eigenvalue weighted by Gasteiger charge is -2.09. The molecule has 0 saturated heterocycles. The second-order valence-corrected chi connectivity index (χ2v) is 7.54. The topological polar surface area (TPSA) is 97.2 Å². The zero-order valence-corrected chi connectivity index (χ0v) is 16.4. The molecule has 0 spiro atoms. The molecule has 0 heterocycles. The minimum atomic E-state index is -3.77. The van der Waals surface area contributed by atoms with Gasteiger partial charge in [0.1, 0.15) is 0 Å². The van der Waals surface area contributed by atoms with E-state index in [1.54, 1.807) is 12.1 Å². The smallest absolute Gasteiger partial charge is 0.276 e. The molecule has 0 aliphatic rings. The Labute approximate surface area is 159 Å². The average Bonchev–Trinajstić information content (AvgIpc) is 2.67. The normalized spacial score (nSPS) is 11.5. The van der Waals surface area contributed by atoms with Crippen molar-refractivity contribution >= 4 is 16.2 Å². The van der Waals surface area contributed by atoms with Crippen molar-refractivity contribution in [3.63, 3.8) is 0 Å². The second-order valence-electron chi connectivity index (χ2n) is 5.87. The van der Waals surface area contributed by atoms with Crippen LogP contribution in [0.5, 0.6) is 17.2 Å². The molecule has 0 saturated carbocycles. The SMILES string of the molecule is CCCCc1ccc(S(=O)(=O)N/N=C\c2cc(OC)c(O)c(OC)c2)cc1. The summed E-state index contributed by atoms with van der Waals surface area (Å²) in [6, 6.07) is 9.77. The van der Waals surface area contributed by atoms with Crippen molar-refractivity contribution < 1.29 is 23.0 Å². The van der Waals surface area contributed by atoms with Crippen molar-refractivity contribution in [2.75, 3.05) is 14.2 Å². The van der Waals surface area contributed by atoms with E-state index in [0.29, 0.717) is 5.56 Å². The van der Waals surface area contributed by atoms with E-state index in [-0.39, 0.29) is 22.1 Å². The number of phenolic OH excluding ortho intramolecular Hbond substituents is 1. The van der Waals surface area contributed by atoms with Crippen molar-refractivity contribution in [3.05, 3.63) is 47.5 Å². The summed E-state index contributed by atoms with van der Waals surface area (Å²) in [6.07, 6.45) is 4.38. The predicted molar refractivity (Wildman–Crippen MR) is 104 cm³/mol. The fourth-order valence-corrected chi connectivity index (χ4v) is 3.22. The minimum absolute atomic E-state index is 0.138. The number of phenols is 1. The maximum Gasteiger partial charge on any atom is 0.276 e. The van der Waals surface area contributed by atoms with E-state index < -0.39 is 10.0 Å². The van der Waals surface area contributed by atoms with Crippen LogP contribution < -0.4 is 14.3 Å². The van der Waals surface area contributed by atoms with Gasteiger partial charge in [0.15, 0.2) is 11.5 Å². The number of hydrogen-bond donors (Lipinski definition) is 2. The van der Waals surface area contributed by atoms with Crippen LogP contribution in [0.25, 0.3) is 0 Å². The summed E-state index contributed by atoms with van der Waals surface area (Å²) in [7, 11) is -0.957. The Kier molecular flexibility index (Phi) is 7.06. The fourth-order valence-electron chi connectivity index (χ4n) is 2.43. The van der Waals surface area contributed by atoms with Crippen LogP contribution in [0.3, 0.4) is 0 Å². The first-order valence-corrected chi connectivity index (χ1v) is 9.98. The van der Waals surface area contributed by atoms with Gasteiger partial charge in [0.05, 0.1) is 25.3 Å². The molecule has 0 aliphatic carbocycles. The van der Waals surface area contributed by atoms with Crippen LogP contribution in [-0.2, 0) is 16.4 Å². The Morgan fingerprint density at radius 1 is 1.11 bits per heavy atom. The molecule has 0 amide bonds. The summed E-state index contributed by atoms with van der Waals surface area (Å²) >= 11 is 0. The highest BCUT2D eigenvalue weighted by Gasteiger charge is 2.13. The lowest BCUT2D eigenvalue weighted by Crippen LogP contribution is -2.18. The number of hydrogen-bond acceptors (Lipinski definition) is 6. The Morgan fingerprint density at radius 2 is 1.70 bits per heavy atom. The molecule has 0 unspecified atom stereocenters. The summed E-state index contributed by atoms with van der Waals surface area (Å²) < 4.78 is 34.8. The molecule has 27 heavy (non-hydrogen) atoms. The Bertz CT molecular complexity index is 868. The molecule has 146 valence electrons. The van der Waals surface area contributed by atoms with Crippen LogP contribution in [0.4, 0.5) is 0 Å². The third-order valence-corrected chi connectivity index (χ3v) is 5.18. The molecule has 8 heteroatoms. The Balaban J connectivity index is 2.12. The van der Waals surface area contributed by atoms with Crippen LogP contribution in [-0.4, -0.2) is 34.0 Å². The van der Waals surface area contributed by atoms with Crippen LogP contribution in [0.15, 0.2) is 46.4 Å². The van der Waals surface area contributed by atoms with Gasteiger partial charge >= 0.3 is 0 Å². The van der Waals surface area contributed by atoms with Crippen LogP contribution in [0, 0.1) is 0 Å². The molecule has 0 aliphatic heterocycles. The Morgan fingerprint density at radius 3 is 2.22 bits per heavy atom. The van der Waals surface area contributed by atoms with Crippen molar-refractivity contribution in [1.82, 2.24) is 4.83 Å². The van der Waals surface area contributed by atoms with Gasteiger partial charge in [-0.2, -0.15) is 13.5 Å². The lowest BCUT2D eigenvalue weighted by atomic mass is 10.1. The second kappa shape index (κ2) is 9.27. The molecule has 2 N–H and O–H groups in total. The van der Waals surface area contributed by atoms with Gasteiger partial charge < -0.3 is 14.6 Å². The molecule has 2 rings (SSSR count). The standard InChI is InChI=1S/C19H24N2O5S/c1-4-5-6-14-7-9-16(10-8-14)27(23,24)21-20-13-15-11-17(25-2)19(22)18(12-15)26-3/h7-13,21-22H,4-6H2,1-3H3/b20-13-. The lowest BCUT2D eigenvalue weighted by molar-refractivity contribution is 0.340. The van der Waals surface area contributed by atoms with Gasteiger partial charge in [-0.1, -0.05) is 25.5 Å². The van der Waals surface area contributed by atoms with Gasteiger partial charge in [0.25, 0.3) is 10.0 Å². The summed E-state index contributed by atoms with van der Waals surface area (Å²) in [5, 5.41) is 13.7. The molecule has 0 fully saturated rings. The first-order valence-electron chi connectivity index (χ1n) is 8.50. The maximum atomic E-state index is 12.3. The fraction of sp³-hybridized carbons (Fsp3) is 0.316. The minimum Gasteiger partial charge on any atom is -0.502 e. The number of unbranched alkanes of at least 4 members (excludes halogenated alkanes) is 1. The highest BCUT2D eigenvalue weighted by atomic mass is 32.2. The molecule has 0 radical (unpaired) electrons. The molecule has 0 aromatic heterocycles. The number of hydrazone groups is 1. The van der Waals surface area contributed by atoms with E-state index in [2.05, 4.69) is 16.9 Å². The predicted octanol–water partition coefficient (Wildman–Crippen LogP) is 3.06. The molecule has 7 nitrogen and oxygen atoms in total. The monoisotopic (exact) mass is 392 g/mol. The molecule has 0 atom stereocenters. The highest BCUT2D eigenvalue weighted by Crippen LogP contribution is 2.36. The number of aryl methyl sites for hydroxylation is 1. The third kappa shape index (κ3) is 5.37. The molecule has 0 bridgehead atoms.